The largest absolute Gasteiger partial charge is 0.492 e. The molecule has 4 aliphatic rings. The maximum Gasteiger partial charge on any atom is 0.419 e. The Bertz CT molecular complexity index is 2210. The van der Waals surface area contributed by atoms with E-state index in [1.54, 1.807) is 29.2 Å². The number of amides is 4. The molecule has 2 unspecified atom stereocenters. The highest BCUT2D eigenvalue weighted by atomic mass is 32.1. The minimum absolute atomic E-state index is 0.0457. The first-order valence-electron chi connectivity index (χ1n) is 19.6. The number of alkyl halides is 3. The Morgan fingerprint density at radius 2 is 1.88 bits per heavy atom. The summed E-state index contributed by atoms with van der Waals surface area (Å²) >= 11 is 5.78. The van der Waals surface area contributed by atoms with Gasteiger partial charge in [-0.3, -0.25) is 39.2 Å². The van der Waals surface area contributed by atoms with E-state index in [9.17, 15) is 37.6 Å². The molecule has 0 radical (unpaired) electrons. The van der Waals surface area contributed by atoms with Crippen LogP contribution < -0.4 is 30.5 Å². The molecule has 3 aromatic rings. The molecule has 4 amide bonds. The fourth-order valence-corrected chi connectivity index (χ4v) is 8.58. The molecule has 14 nitrogen and oxygen atoms in total. The lowest BCUT2D eigenvalue weighted by molar-refractivity contribution is -0.138. The van der Waals surface area contributed by atoms with Crippen molar-refractivity contribution in [1.29, 1.82) is 5.26 Å². The van der Waals surface area contributed by atoms with Gasteiger partial charge in [0.15, 0.2) is 10.8 Å². The van der Waals surface area contributed by atoms with Crippen LogP contribution in [0.3, 0.4) is 0 Å². The number of thiocarbonyl (C=S) groups is 1. The standard InChI is InChI=1S/C41H44F3N9O5S/c1-3-26-18-29(53-39(59)52(38(57)40(53)12-5-13-40)30-20-31(41(42,43)44)33(21-45)46-22-30)8-10-34(26)58-17-16-50-14-15-51(25(2)23-50)24-36(55)48-28-7-4-6-27(19-28)47-32-9-11-35(54)49-37(32)56/h4,6-8,10,18-20,22,25,32,47H,3,5,9,11-17,23-24H2,1-2H3,(H,48,55)(H,49,54,56). The van der Waals surface area contributed by atoms with Gasteiger partial charge in [0, 0.05) is 55.7 Å². The van der Waals surface area contributed by atoms with E-state index in [0.717, 1.165) is 42.2 Å². The number of ether oxygens (including phenoxy) is 1. The lowest BCUT2D eigenvalue weighted by Crippen LogP contribution is -2.55. The minimum Gasteiger partial charge on any atom is -0.492 e. The van der Waals surface area contributed by atoms with Gasteiger partial charge in [0.25, 0.3) is 5.91 Å². The van der Waals surface area contributed by atoms with Crippen LogP contribution in [-0.4, -0.2) is 100 Å². The number of carbonyl (C=O) groups excluding carboxylic acids is 4. The van der Waals surface area contributed by atoms with E-state index in [1.165, 1.54) is 6.07 Å². The third-order valence-electron chi connectivity index (χ3n) is 11.4. The first-order chi connectivity index (χ1) is 28.2. The molecule has 7 rings (SSSR count). The molecule has 4 fully saturated rings. The Morgan fingerprint density at radius 1 is 1.10 bits per heavy atom. The van der Waals surface area contributed by atoms with Crippen molar-refractivity contribution in [3.05, 3.63) is 71.5 Å². The summed E-state index contributed by atoms with van der Waals surface area (Å²) in [7, 11) is 0. The number of halogens is 3. The van der Waals surface area contributed by atoms with Crippen LogP contribution in [0.2, 0.25) is 0 Å². The number of nitriles is 1. The normalized spacial score (nSPS) is 20.9. The number of nitrogens with one attached hydrogen (secondary N) is 3. The summed E-state index contributed by atoms with van der Waals surface area (Å²) in [6, 6.07) is 14.5. The van der Waals surface area contributed by atoms with E-state index < -0.39 is 34.9 Å². The number of anilines is 4. The van der Waals surface area contributed by atoms with Gasteiger partial charge >= 0.3 is 6.18 Å². The van der Waals surface area contributed by atoms with Crippen LogP contribution in [0, 0.1) is 11.3 Å². The smallest absolute Gasteiger partial charge is 0.419 e. The Labute approximate surface area is 344 Å². The van der Waals surface area contributed by atoms with E-state index in [0.29, 0.717) is 68.2 Å². The van der Waals surface area contributed by atoms with E-state index in [4.69, 9.17) is 17.0 Å². The molecule has 2 aromatic carbocycles. The minimum atomic E-state index is -4.85. The maximum absolute atomic E-state index is 13.9. The molecule has 1 saturated carbocycles. The monoisotopic (exact) mass is 831 g/mol. The number of benzene rings is 2. The van der Waals surface area contributed by atoms with Gasteiger partial charge < -0.3 is 20.3 Å². The predicted octanol–water partition coefficient (Wildman–Crippen LogP) is 4.84. The summed E-state index contributed by atoms with van der Waals surface area (Å²) in [5.41, 5.74) is -0.402. The Balaban J connectivity index is 0.925. The Kier molecular flexibility index (Phi) is 11.9. The predicted molar refractivity (Wildman–Crippen MR) is 217 cm³/mol. The number of aromatic nitrogens is 1. The average Bonchev–Trinajstić information content (AvgIpc) is 3.42. The van der Waals surface area contributed by atoms with Crippen molar-refractivity contribution < 1.29 is 37.1 Å². The van der Waals surface area contributed by atoms with Crippen molar-refractivity contribution in [1.82, 2.24) is 20.1 Å². The third-order valence-corrected chi connectivity index (χ3v) is 11.8. The maximum atomic E-state index is 13.9. The highest BCUT2D eigenvalue weighted by Gasteiger charge is 2.60. The van der Waals surface area contributed by atoms with Crippen LogP contribution in [0.15, 0.2) is 54.7 Å². The number of aryl methyl sites for hydroxylation is 1. The summed E-state index contributed by atoms with van der Waals surface area (Å²) in [5, 5.41) is 17.7. The van der Waals surface area contributed by atoms with Gasteiger partial charge in [0.1, 0.15) is 30.0 Å². The molecule has 3 N–H and O–H groups in total. The average molecular weight is 832 g/mol. The van der Waals surface area contributed by atoms with Crippen molar-refractivity contribution in [2.75, 3.05) is 59.8 Å². The van der Waals surface area contributed by atoms with Crippen molar-refractivity contribution in [2.24, 2.45) is 0 Å². The fourth-order valence-electron chi connectivity index (χ4n) is 8.11. The summed E-state index contributed by atoms with van der Waals surface area (Å²) in [4.78, 5) is 61.6. The number of hydrogen-bond donors (Lipinski definition) is 3. The Hall–Kier alpha value is -5.64. The van der Waals surface area contributed by atoms with Gasteiger partial charge in [-0.25, -0.2) is 4.98 Å². The van der Waals surface area contributed by atoms with Gasteiger partial charge in [-0.2, -0.15) is 18.4 Å². The fraction of sp³-hybridized carbons (Fsp3) is 0.439. The Morgan fingerprint density at radius 3 is 2.56 bits per heavy atom. The second-order valence-electron chi connectivity index (χ2n) is 15.2. The van der Waals surface area contributed by atoms with E-state index in [-0.39, 0.29) is 47.5 Å². The van der Waals surface area contributed by atoms with Crippen molar-refractivity contribution >= 4 is 63.7 Å². The molecule has 59 heavy (non-hydrogen) atoms. The molecule has 2 atom stereocenters. The van der Waals surface area contributed by atoms with Crippen molar-refractivity contribution in [3.8, 4) is 11.8 Å². The lowest BCUT2D eigenvalue weighted by atomic mass is 9.75. The quantitative estimate of drug-likeness (QED) is 0.169. The summed E-state index contributed by atoms with van der Waals surface area (Å²) < 4.78 is 47.7. The molecule has 1 aliphatic carbocycles. The first-order valence-corrected chi connectivity index (χ1v) is 20.0. The highest BCUT2D eigenvalue weighted by molar-refractivity contribution is 7.81. The molecule has 18 heteroatoms. The van der Waals surface area contributed by atoms with Gasteiger partial charge in [-0.15, -0.1) is 0 Å². The number of hydrogen-bond acceptors (Lipinski definition) is 11. The molecular formula is C41H44F3N9O5S. The zero-order chi connectivity index (χ0) is 42.1. The molecular weight excluding hydrogens is 788 g/mol. The molecule has 1 aromatic heterocycles. The van der Waals surface area contributed by atoms with Crippen molar-refractivity contribution in [3.63, 3.8) is 0 Å². The molecule has 310 valence electrons. The van der Waals surface area contributed by atoms with Gasteiger partial charge in [-0.05, 0) is 99.3 Å². The van der Waals surface area contributed by atoms with Crippen LogP contribution in [0.1, 0.15) is 62.8 Å². The zero-order valence-electron chi connectivity index (χ0n) is 32.6. The lowest BCUT2D eigenvalue weighted by Gasteiger charge is -2.43. The number of piperidine rings is 1. The van der Waals surface area contributed by atoms with Crippen LogP contribution in [0.4, 0.5) is 35.9 Å². The number of pyridine rings is 1. The van der Waals surface area contributed by atoms with Gasteiger partial charge in [0.2, 0.25) is 17.7 Å². The number of carbonyl (C=O) groups is 4. The zero-order valence-corrected chi connectivity index (χ0v) is 33.4. The number of rotatable bonds is 12. The van der Waals surface area contributed by atoms with E-state index in [2.05, 4.69) is 37.7 Å². The van der Waals surface area contributed by atoms with E-state index in [1.807, 2.05) is 25.1 Å². The summed E-state index contributed by atoms with van der Waals surface area (Å²) in [6.07, 6.45) is -0.783. The SMILES string of the molecule is CCc1cc(N2C(=S)N(c3cnc(C#N)c(C(F)(F)F)c3)C(=O)C23CCC3)ccc1OCCN1CCN(CC(=O)Nc2cccc(NC3CCC(=O)NC3=O)c2)C(C)C1. The molecule has 3 aliphatic heterocycles. The van der Waals surface area contributed by atoms with Gasteiger partial charge in [0.05, 0.1) is 24.0 Å². The number of imide groups is 1. The summed E-state index contributed by atoms with van der Waals surface area (Å²) in [6.45, 7) is 7.51. The second kappa shape index (κ2) is 16.9. The number of piperazine rings is 1. The van der Waals surface area contributed by atoms with Crippen LogP contribution >= 0.6 is 12.2 Å². The van der Waals surface area contributed by atoms with Crippen molar-refractivity contribution in [2.45, 2.75) is 76.2 Å². The van der Waals surface area contributed by atoms with E-state index >= 15 is 0 Å². The van der Waals surface area contributed by atoms with Crippen LogP contribution in [0.5, 0.6) is 5.75 Å². The van der Waals surface area contributed by atoms with Crippen LogP contribution in [-0.2, 0) is 31.8 Å². The topological polar surface area (TPSA) is 163 Å². The summed E-state index contributed by atoms with van der Waals surface area (Å²) in [5.74, 6) is -0.549. The molecule has 3 saturated heterocycles. The molecule has 0 bridgehead atoms. The second-order valence-corrected chi connectivity index (χ2v) is 15.6. The first kappa shape index (κ1) is 41.5. The number of nitrogens with zero attached hydrogens (tertiary/aromatic N) is 6. The third kappa shape index (κ3) is 8.59. The van der Waals surface area contributed by atoms with Gasteiger partial charge in [-0.1, -0.05) is 13.0 Å². The molecule has 1 spiro atoms. The molecule has 4 heterocycles. The van der Waals surface area contributed by atoms with Crippen LogP contribution in [0.25, 0.3) is 0 Å². The highest BCUT2D eigenvalue weighted by Crippen LogP contribution is 2.49.